The van der Waals surface area contributed by atoms with Crippen LogP contribution in [0.5, 0.6) is 0 Å². The molecule has 1 amide bonds. The minimum absolute atomic E-state index is 0.0662. The molecule has 0 spiro atoms. The van der Waals surface area contributed by atoms with Crippen LogP contribution in [0, 0.1) is 13.8 Å². The third-order valence-electron chi connectivity index (χ3n) is 6.21. The summed E-state index contributed by atoms with van der Waals surface area (Å²) >= 11 is 7.30. The molecular weight excluding hydrogens is 500 g/mol. The molecule has 2 aromatic heterocycles. The number of carbonyl (C=O) groups excluding carboxylic acids is 1. The summed E-state index contributed by atoms with van der Waals surface area (Å²) in [6.07, 6.45) is 2.06. The van der Waals surface area contributed by atoms with Gasteiger partial charge in [-0.25, -0.2) is 0 Å². The lowest BCUT2D eigenvalue weighted by Crippen LogP contribution is -2.32. The molecule has 37 heavy (non-hydrogen) atoms. The van der Waals surface area contributed by atoms with Crippen LogP contribution in [-0.2, 0) is 4.79 Å². The van der Waals surface area contributed by atoms with Crippen molar-refractivity contribution in [2.75, 3.05) is 11.9 Å². The standard InChI is InChI=1S/C29H28N4O2S2/c1-19-9-11-22(12-10-19)37-26-14-13-24(35-26)28-27(23-8-3-4-16-30-23)32-29(36)33(28)17-15-25(34)31-21-7-5-6-20(2)18-21/h3-14,16,18,27-28H,15,17H2,1-2H3,(H,31,34)(H,32,36)/t27-,28-/m1/s1. The van der Waals surface area contributed by atoms with Crippen LogP contribution < -0.4 is 10.6 Å². The van der Waals surface area contributed by atoms with Crippen molar-refractivity contribution < 1.29 is 9.21 Å². The van der Waals surface area contributed by atoms with Crippen molar-refractivity contribution in [2.45, 2.75) is 42.3 Å². The predicted molar refractivity (Wildman–Crippen MR) is 151 cm³/mol. The van der Waals surface area contributed by atoms with E-state index in [1.54, 1.807) is 18.0 Å². The third kappa shape index (κ3) is 6.03. The van der Waals surface area contributed by atoms with Crippen molar-refractivity contribution >= 4 is 40.7 Å². The van der Waals surface area contributed by atoms with Gasteiger partial charge in [-0.15, -0.1) is 0 Å². The highest BCUT2D eigenvalue weighted by atomic mass is 32.2. The Bertz CT molecular complexity index is 1390. The second-order valence-electron chi connectivity index (χ2n) is 9.06. The van der Waals surface area contributed by atoms with Crippen LogP contribution in [-0.4, -0.2) is 27.4 Å². The number of pyridine rings is 1. The molecule has 1 aliphatic heterocycles. The summed E-state index contributed by atoms with van der Waals surface area (Å²) < 4.78 is 6.34. The number of benzene rings is 2. The highest BCUT2D eigenvalue weighted by Gasteiger charge is 2.41. The van der Waals surface area contributed by atoms with Gasteiger partial charge in [-0.3, -0.25) is 9.78 Å². The van der Waals surface area contributed by atoms with Crippen LogP contribution in [0.3, 0.4) is 0 Å². The first-order valence-corrected chi connectivity index (χ1v) is 13.4. The number of furan rings is 1. The fourth-order valence-corrected chi connectivity index (χ4v) is 5.50. The van der Waals surface area contributed by atoms with E-state index in [0.29, 0.717) is 11.7 Å². The van der Waals surface area contributed by atoms with Gasteiger partial charge in [0.1, 0.15) is 11.8 Å². The normalized spacial score (nSPS) is 17.0. The molecule has 0 aliphatic carbocycles. The zero-order valence-corrected chi connectivity index (χ0v) is 22.3. The van der Waals surface area contributed by atoms with E-state index in [9.17, 15) is 4.79 Å². The number of nitrogens with one attached hydrogen (secondary N) is 2. The largest absolute Gasteiger partial charge is 0.452 e. The molecule has 0 unspecified atom stereocenters. The summed E-state index contributed by atoms with van der Waals surface area (Å²) in [4.78, 5) is 20.5. The van der Waals surface area contributed by atoms with E-state index in [0.717, 1.165) is 32.7 Å². The van der Waals surface area contributed by atoms with Crippen LogP contribution in [0.15, 0.2) is 99.5 Å². The molecule has 6 nitrogen and oxygen atoms in total. The van der Waals surface area contributed by atoms with Gasteiger partial charge >= 0.3 is 0 Å². The molecule has 1 aliphatic rings. The maximum atomic E-state index is 12.8. The van der Waals surface area contributed by atoms with Crippen LogP contribution in [0.4, 0.5) is 5.69 Å². The first kappa shape index (κ1) is 25.0. The Hall–Kier alpha value is -3.62. The Morgan fingerprint density at radius 3 is 2.65 bits per heavy atom. The van der Waals surface area contributed by atoms with Gasteiger partial charge in [-0.1, -0.05) is 47.7 Å². The molecule has 2 N–H and O–H groups in total. The van der Waals surface area contributed by atoms with Gasteiger partial charge in [0.2, 0.25) is 5.91 Å². The molecule has 5 rings (SSSR count). The number of hydrogen-bond acceptors (Lipinski definition) is 5. The van der Waals surface area contributed by atoms with E-state index in [2.05, 4.69) is 46.8 Å². The number of rotatable bonds is 8. The van der Waals surface area contributed by atoms with E-state index in [4.69, 9.17) is 16.6 Å². The first-order chi connectivity index (χ1) is 18.0. The molecule has 8 heteroatoms. The summed E-state index contributed by atoms with van der Waals surface area (Å²) in [5, 5.41) is 7.77. The zero-order chi connectivity index (χ0) is 25.8. The van der Waals surface area contributed by atoms with Crippen LogP contribution in [0.2, 0.25) is 0 Å². The Kier molecular flexibility index (Phi) is 7.58. The number of amides is 1. The fourth-order valence-electron chi connectivity index (χ4n) is 4.39. The van der Waals surface area contributed by atoms with Gasteiger partial charge in [0.15, 0.2) is 10.2 Å². The quantitative estimate of drug-likeness (QED) is 0.255. The summed E-state index contributed by atoms with van der Waals surface area (Å²) in [5.74, 6) is 0.709. The number of aromatic nitrogens is 1. The number of carbonyl (C=O) groups is 1. The fraction of sp³-hybridized carbons (Fsp3) is 0.207. The third-order valence-corrected chi connectivity index (χ3v) is 7.49. The van der Waals surface area contributed by atoms with Gasteiger partial charge in [-0.05, 0) is 80.2 Å². The number of aryl methyl sites for hydroxylation is 2. The highest BCUT2D eigenvalue weighted by molar-refractivity contribution is 7.99. The number of nitrogens with zero attached hydrogens (tertiary/aromatic N) is 2. The minimum atomic E-state index is -0.235. The molecule has 0 saturated carbocycles. The summed E-state index contributed by atoms with van der Waals surface area (Å²) in [5.41, 5.74) is 3.97. The summed E-state index contributed by atoms with van der Waals surface area (Å²) in [7, 11) is 0. The Balaban J connectivity index is 1.35. The monoisotopic (exact) mass is 528 g/mol. The molecule has 0 bridgehead atoms. The van der Waals surface area contributed by atoms with E-state index in [1.165, 1.54) is 5.56 Å². The average molecular weight is 529 g/mol. The van der Waals surface area contributed by atoms with Gasteiger partial charge < -0.3 is 20.0 Å². The molecular formula is C29H28N4O2S2. The van der Waals surface area contributed by atoms with Crippen molar-refractivity contribution in [3.05, 3.63) is 108 Å². The van der Waals surface area contributed by atoms with Gasteiger partial charge in [0.25, 0.3) is 0 Å². The van der Waals surface area contributed by atoms with E-state index < -0.39 is 0 Å². The lowest BCUT2D eigenvalue weighted by Gasteiger charge is -2.25. The topological polar surface area (TPSA) is 70.4 Å². The van der Waals surface area contributed by atoms with Crippen molar-refractivity contribution in [1.82, 2.24) is 15.2 Å². The molecule has 1 saturated heterocycles. The van der Waals surface area contributed by atoms with Crippen LogP contribution in [0.25, 0.3) is 0 Å². The smallest absolute Gasteiger partial charge is 0.226 e. The molecule has 1 fully saturated rings. The van der Waals surface area contributed by atoms with Gasteiger partial charge in [0.05, 0.1) is 11.7 Å². The van der Waals surface area contributed by atoms with Crippen molar-refractivity contribution in [2.24, 2.45) is 0 Å². The van der Waals surface area contributed by atoms with Gasteiger partial charge in [0, 0.05) is 29.7 Å². The SMILES string of the molecule is Cc1ccc(Sc2ccc([C@@H]3[C@@H](c4ccccn4)NC(=S)N3CCC(=O)Nc3cccc(C)c3)o2)cc1. The zero-order valence-electron chi connectivity index (χ0n) is 20.7. The Labute approximate surface area is 226 Å². The summed E-state index contributed by atoms with van der Waals surface area (Å²) in [6.45, 7) is 4.52. The molecule has 0 radical (unpaired) electrons. The van der Waals surface area contributed by atoms with E-state index >= 15 is 0 Å². The second-order valence-corrected chi connectivity index (χ2v) is 10.5. The lowest BCUT2D eigenvalue weighted by atomic mass is 10.0. The highest BCUT2D eigenvalue weighted by Crippen LogP contribution is 2.41. The second kappa shape index (κ2) is 11.2. The Morgan fingerprint density at radius 2 is 1.89 bits per heavy atom. The molecule has 3 heterocycles. The molecule has 188 valence electrons. The maximum Gasteiger partial charge on any atom is 0.226 e. The number of thiocarbonyl (C=S) groups is 1. The van der Waals surface area contributed by atoms with E-state index in [1.807, 2.05) is 66.4 Å². The molecule has 2 atom stereocenters. The molecule has 2 aromatic carbocycles. The summed E-state index contributed by atoms with van der Waals surface area (Å²) in [6, 6.07) is 25.5. The predicted octanol–water partition coefficient (Wildman–Crippen LogP) is 6.44. The van der Waals surface area contributed by atoms with Crippen molar-refractivity contribution in [3.63, 3.8) is 0 Å². The lowest BCUT2D eigenvalue weighted by molar-refractivity contribution is -0.116. The van der Waals surface area contributed by atoms with Crippen LogP contribution in [0.1, 0.15) is 41.1 Å². The van der Waals surface area contributed by atoms with Gasteiger partial charge in [-0.2, -0.15) is 0 Å². The Morgan fingerprint density at radius 1 is 1.05 bits per heavy atom. The van der Waals surface area contributed by atoms with Crippen LogP contribution >= 0.6 is 24.0 Å². The number of anilines is 1. The van der Waals surface area contributed by atoms with Crippen molar-refractivity contribution in [3.8, 4) is 0 Å². The molecule has 4 aromatic rings. The van der Waals surface area contributed by atoms with Crippen molar-refractivity contribution in [1.29, 1.82) is 0 Å². The maximum absolute atomic E-state index is 12.8. The first-order valence-electron chi connectivity index (χ1n) is 12.1. The van der Waals surface area contributed by atoms with E-state index in [-0.39, 0.29) is 24.4 Å². The number of hydrogen-bond donors (Lipinski definition) is 2. The average Bonchev–Trinajstić information content (AvgIpc) is 3.48. The minimum Gasteiger partial charge on any atom is -0.452 e.